The Hall–Kier alpha value is -1.79. The molecule has 29 heavy (non-hydrogen) atoms. The van der Waals surface area contributed by atoms with Gasteiger partial charge in [0, 0.05) is 10.6 Å². The largest absolute Gasteiger partial charge is 0.497 e. The zero-order chi connectivity index (χ0) is 20.4. The van der Waals surface area contributed by atoms with E-state index in [0.717, 1.165) is 58.2 Å². The minimum absolute atomic E-state index is 0.0756. The predicted octanol–water partition coefficient (Wildman–Crippen LogP) is 5.86. The fraction of sp³-hybridized carbons (Fsp3) is 0.478. The normalized spacial score (nSPS) is 14.2. The molecule has 0 unspecified atom stereocenters. The lowest BCUT2D eigenvalue weighted by Crippen LogP contribution is -2.22. The van der Waals surface area contributed by atoms with E-state index in [-0.39, 0.29) is 5.56 Å². The molecular weight excluding hydrogens is 400 g/mol. The Morgan fingerprint density at radius 2 is 1.93 bits per heavy atom. The van der Waals surface area contributed by atoms with Crippen LogP contribution in [0.2, 0.25) is 0 Å². The van der Waals surface area contributed by atoms with Gasteiger partial charge in [0.1, 0.15) is 10.6 Å². The van der Waals surface area contributed by atoms with Crippen molar-refractivity contribution in [1.82, 2.24) is 9.55 Å². The van der Waals surface area contributed by atoms with E-state index in [4.69, 9.17) is 9.72 Å². The zero-order valence-electron chi connectivity index (χ0n) is 17.4. The standard InChI is InChI=1S/C23H28N2O2S2/c1-15(2)13-14-28-23-24-21-20(18-7-5-4-6-8-19(18)29-21)22(26)25(23)16-9-11-17(27-3)12-10-16/h9-12,15H,4-8,13-14H2,1-3H3. The molecule has 0 saturated carbocycles. The van der Waals surface area contributed by atoms with Crippen molar-refractivity contribution in [3.63, 3.8) is 0 Å². The van der Waals surface area contributed by atoms with E-state index in [2.05, 4.69) is 13.8 Å². The number of methoxy groups -OCH3 is 1. The van der Waals surface area contributed by atoms with Gasteiger partial charge in [0.05, 0.1) is 18.2 Å². The quantitative estimate of drug-likeness (QED) is 0.280. The molecule has 6 heteroatoms. The van der Waals surface area contributed by atoms with Crippen molar-refractivity contribution in [2.75, 3.05) is 12.9 Å². The van der Waals surface area contributed by atoms with Crippen LogP contribution in [0.3, 0.4) is 0 Å². The number of fused-ring (bicyclic) bond motifs is 3. The summed E-state index contributed by atoms with van der Waals surface area (Å²) in [5.74, 6) is 2.37. The number of nitrogens with zero attached hydrogens (tertiary/aromatic N) is 2. The Labute approximate surface area is 180 Å². The van der Waals surface area contributed by atoms with Gasteiger partial charge < -0.3 is 4.74 Å². The van der Waals surface area contributed by atoms with Gasteiger partial charge in [0.2, 0.25) is 0 Å². The van der Waals surface area contributed by atoms with Gasteiger partial charge in [0.15, 0.2) is 5.16 Å². The van der Waals surface area contributed by atoms with Gasteiger partial charge in [-0.05, 0) is 67.9 Å². The topological polar surface area (TPSA) is 44.1 Å². The summed E-state index contributed by atoms with van der Waals surface area (Å²) in [6.45, 7) is 4.45. The second-order valence-corrected chi connectivity index (χ2v) is 10.2. The number of ether oxygens (including phenoxy) is 1. The van der Waals surface area contributed by atoms with Crippen LogP contribution in [-0.4, -0.2) is 22.4 Å². The summed E-state index contributed by atoms with van der Waals surface area (Å²) in [7, 11) is 1.66. The van der Waals surface area contributed by atoms with Crippen molar-refractivity contribution in [3.05, 3.63) is 45.1 Å². The molecule has 2 aromatic heterocycles. The predicted molar refractivity (Wildman–Crippen MR) is 123 cm³/mol. The average molecular weight is 429 g/mol. The Bertz CT molecular complexity index is 1050. The van der Waals surface area contributed by atoms with Gasteiger partial charge >= 0.3 is 0 Å². The van der Waals surface area contributed by atoms with E-state index >= 15 is 0 Å². The lowest BCUT2D eigenvalue weighted by Gasteiger charge is -2.13. The molecule has 2 heterocycles. The van der Waals surface area contributed by atoms with Crippen molar-refractivity contribution in [2.45, 2.75) is 57.5 Å². The second kappa shape index (κ2) is 8.92. The van der Waals surface area contributed by atoms with Gasteiger partial charge in [-0.25, -0.2) is 4.98 Å². The van der Waals surface area contributed by atoms with Crippen molar-refractivity contribution >= 4 is 33.3 Å². The summed E-state index contributed by atoms with van der Waals surface area (Å²) < 4.78 is 7.11. The first kappa shape index (κ1) is 20.5. The maximum atomic E-state index is 13.7. The summed E-state index contributed by atoms with van der Waals surface area (Å²) in [6.07, 6.45) is 6.78. The van der Waals surface area contributed by atoms with Crippen LogP contribution in [0.5, 0.6) is 5.75 Å². The number of thioether (sulfide) groups is 1. The van der Waals surface area contributed by atoms with E-state index < -0.39 is 0 Å². The maximum absolute atomic E-state index is 13.7. The molecule has 4 nitrogen and oxygen atoms in total. The van der Waals surface area contributed by atoms with Crippen molar-refractivity contribution < 1.29 is 4.74 Å². The molecule has 0 bridgehead atoms. The molecule has 0 N–H and O–H groups in total. The molecule has 4 rings (SSSR count). The third-order valence-corrected chi connectivity index (χ3v) is 7.62. The highest BCUT2D eigenvalue weighted by Crippen LogP contribution is 2.35. The van der Waals surface area contributed by atoms with Crippen LogP contribution in [0.4, 0.5) is 0 Å². The van der Waals surface area contributed by atoms with Crippen LogP contribution in [0.1, 0.15) is 50.0 Å². The maximum Gasteiger partial charge on any atom is 0.267 e. The lowest BCUT2D eigenvalue weighted by atomic mass is 10.1. The number of benzene rings is 1. The fourth-order valence-electron chi connectivity index (χ4n) is 3.80. The van der Waals surface area contributed by atoms with E-state index in [0.29, 0.717) is 5.92 Å². The summed E-state index contributed by atoms with van der Waals surface area (Å²) in [5.41, 5.74) is 2.18. The molecule has 0 atom stereocenters. The molecule has 0 saturated heterocycles. The first-order valence-corrected chi connectivity index (χ1v) is 12.2. The van der Waals surface area contributed by atoms with E-state index in [1.807, 2.05) is 28.8 Å². The Balaban J connectivity index is 1.87. The van der Waals surface area contributed by atoms with Crippen LogP contribution in [0.25, 0.3) is 15.9 Å². The molecule has 0 aliphatic heterocycles. The van der Waals surface area contributed by atoms with E-state index in [1.165, 1.54) is 23.3 Å². The molecule has 0 fully saturated rings. The van der Waals surface area contributed by atoms with Crippen LogP contribution >= 0.6 is 23.1 Å². The first-order valence-electron chi connectivity index (χ1n) is 10.4. The minimum Gasteiger partial charge on any atom is -0.497 e. The monoisotopic (exact) mass is 428 g/mol. The average Bonchev–Trinajstić information content (AvgIpc) is 2.89. The lowest BCUT2D eigenvalue weighted by molar-refractivity contribution is 0.414. The minimum atomic E-state index is 0.0756. The molecule has 3 aromatic rings. The highest BCUT2D eigenvalue weighted by Gasteiger charge is 2.22. The van der Waals surface area contributed by atoms with Crippen molar-refractivity contribution in [1.29, 1.82) is 0 Å². The summed E-state index contributed by atoms with van der Waals surface area (Å²) in [6, 6.07) is 7.71. The number of aryl methyl sites for hydroxylation is 2. The summed E-state index contributed by atoms with van der Waals surface area (Å²) in [5, 5.41) is 1.64. The van der Waals surface area contributed by atoms with Crippen LogP contribution in [0, 0.1) is 5.92 Å². The molecule has 0 spiro atoms. The number of aromatic nitrogens is 2. The van der Waals surface area contributed by atoms with Gasteiger partial charge in [-0.3, -0.25) is 9.36 Å². The van der Waals surface area contributed by atoms with Crippen LogP contribution in [-0.2, 0) is 12.8 Å². The van der Waals surface area contributed by atoms with Crippen LogP contribution in [0.15, 0.2) is 34.2 Å². The first-order chi connectivity index (χ1) is 14.1. The van der Waals surface area contributed by atoms with Gasteiger partial charge in [-0.1, -0.05) is 32.0 Å². The molecular formula is C23H28N2O2S2. The van der Waals surface area contributed by atoms with Gasteiger partial charge in [-0.15, -0.1) is 11.3 Å². The highest BCUT2D eigenvalue weighted by atomic mass is 32.2. The molecule has 1 aliphatic rings. The number of hydrogen-bond acceptors (Lipinski definition) is 5. The second-order valence-electron chi connectivity index (χ2n) is 8.01. The summed E-state index contributed by atoms with van der Waals surface area (Å²) in [4.78, 5) is 21.0. The van der Waals surface area contributed by atoms with E-state index in [9.17, 15) is 4.79 Å². The smallest absolute Gasteiger partial charge is 0.267 e. The zero-order valence-corrected chi connectivity index (χ0v) is 19.0. The molecule has 1 aliphatic carbocycles. The fourth-order valence-corrected chi connectivity index (χ4v) is 6.36. The highest BCUT2D eigenvalue weighted by molar-refractivity contribution is 7.99. The molecule has 1 aromatic carbocycles. The molecule has 0 amide bonds. The number of thiophene rings is 1. The summed E-state index contributed by atoms with van der Waals surface area (Å²) >= 11 is 3.42. The van der Waals surface area contributed by atoms with Gasteiger partial charge in [-0.2, -0.15) is 0 Å². The van der Waals surface area contributed by atoms with Crippen LogP contribution < -0.4 is 10.3 Å². The Morgan fingerprint density at radius 3 is 2.66 bits per heavy atom. The number of hydrogen-bond donors (Lipinski definition) is 0. The van der Waals surface area contributed by atoms with E-state index in [1.54, 1.807) is 30.2 Å². The van der Waals surface area contributed by atoms with Crippen molar-refractivity contribution in [3.8, 4) is 11.4 Å². The third kappa shape index (κ3) is 4.24. The van der Waals surface area contributed by atoms with Gasteiger partial charge in [0.25, 0.3) is 5.56 Å². The Kier molecular flexibility index (Phi) is 6.30. The SMILES string of the molecule is COc1ccc(-n2c(SCCC(C)C)nc3sc4c(c3c2=O)CCCCC4)cc1. The third-order valence-electron chi connectivity index (χ3n) is 5.47. The molecule has 0 radical (unpaired) electrons. The Morgan fingerprint density at radius 1 is 1.17 bits per heavy atom. The van der Waals surface area contributed by atoms with Crippen molar-refractivity contribution in [2.24, 2.45) is 5.92 Å². The number of rotatable bonds is 6. The molecule has 154 valence electrons.